The highest BCUT2D eigenvalue weighted by molar-refractivity contribution is 9.09. The normalized spacial score (nSPS) is 27.6. The lowest BCUT2D eigenvalue weighted by atomic mass is 10.3. The Kier molecular flexibility index (Phi) is 1.01. The second kappa shape index (κ2) is 4.12. The number of carboxylic acid groups (broad SMARTS) is 1. The Bertz CT molecular complexity index is 221. The molecule has 0 amide bonds. The second-order valence-corrected chi connectivity index (χ2v) is 1.05. The summed E-state index contributed by atoms with van der Waals surface area (Å²) in [6.45, 7) is 0. The largest absolute Gasteiger partial charge is 0.481 e. The highest BCUT2D eigenvalue weighted by Crippen LogP contribution is 1.91. The van der Waals surface area contributed by atoms with Crippen molar-refractivity contribution in [2.75, 3.05) is 5.28 Å². The highest BCUT2D eigenvalue weighted by Gasteiger charge is 1.91. The van der Waals surface area contributed by atoms with Crippen LogP contribution in [0.4, 0.5) is 0 Å². The zero-order valence-electron chi connectivity index (χ0n) is 9.23. The van der Waals surface area contributed by atoms with E-state index >= 15 is 0 Å². The molecule has 0 saturated heterocycles. The van der Waals surface area contributed by atoms with E-state index in [4.69, 9.17) is 13.3 Å². The van der Waals surface area contributed by atoms with E-state index in [1.807, 2.05) is 0 Å². The maximum Gasteiger partial charge on any atom is 0.303 e. The van der Waals surface area contributed by atoms with Crippen LogP contribution in [0.5, 0.6) is 0 Å². The van der Waals surface area contributed by atoms with E-state index in [0.717, 1.165) is 0 Å². The standard InChI is InChI=1S/C4H7BrO2/c5-3-1-2-4(6)7/h1-3H2,(H,6,7)/i1D2,2D2,3D2. The summed E-state index contributed by atoms with van der Waals surface area (Å²) in [4.78, 5) is 10.3. The summed E-state index contributed by atoms with van der Waals surface area (Å²) in [5, 5.41) is 5.59. The Morgan fingerprint density at radius 1 is 2.00 bits per heavy atom. The quantitative estimate of drug-likeness (QED) is 0.652. The van der Waals surface area contributed by atoms with Crippen molar-refractivity contribution in [2.45, 2.75) is 12.7 Å². The first-order valence-electron chi connectivity index (χ1n) is 4.37. The molecule has 3 heteroatoms. The number of carboxylic acids is 1. The number of rotatable bonds is 3. The molecule has 42 valence electrons. The summed E-state index contributed by atoms with van der Waals surface area (Å²) >= 11 is 2.26. The molecule has 0 unspecified atom stereocenters. The van der Waals surface area contributed by atoms with Gasteiger partial charge in [-0.2, -0.15) is 0 Å². The summed E-state index contributed by atoms with van der Waals surface area (Å²) in [7, 11) is 0. The van der Waals surface area contributed by atoms with Gasteiger partial charge in [0.15, 0.2) is 0 Å². The van der Waals surface area contributed by atoms with Crippen LogP contribution < -0.4 is 0 Å². The highest BCUT2D eigenvalue weighted by atomic mass is 79.9. The molecule has 0 aliphatic heterocycles. The molecule has 0 saturated carbocycles. The Morgan fingerprint density at radius 3 is 2.71 bits per heavy atom. The predicted molar refractivity (Wildman–Crippen MR) is 30.7 cm³/mol. The molecule has 0 aromatic rings. The summed E-state index contributed by atoms with van der Waals surface area (Å²) in [5.41, 5.74) is 0. The number of aliphatic carboxylic acids is 1. The van der Waals surface area contributed by atoms with Crippen LogP contribution in [-0.2, 0) is 4.79 Å². The van der Waals surface area contributed by atoms with Crippen molar-refractivity contribution in [3.63, 3.8) is 0 Å². The Morgan fingerprint density at radius 2 is 2.57 bits per heavy atom. The summed E-state index contributed by atoms with van der Waals surface area (Å²) < 4.78 is 41.5. The third-order valence-electron chi connectivity index (χ3n) is 0.217. The van der Waals surface area contributed by atoms with Gasteiger partial charge in [0.1, 0.15) is 0 Å². The van der Waals surface area contributed by atoms with Crippen LogP contribution in [0.1, 0.15) is 21.0 Å². The second-order valence-electron chi connectivity index (χ2n) is 0.650. The first-order chi connectivity index (χ1) is 5.44. The van der Waals surface area contributed by atoms with Gasteiger partial charge in [-0.25, -0.2) is 0 Å². The van der Waals surface area contributed by atoms with Gasteiger partial charge in [0.05, 0.1) is 0 Å². The SMILES string of the molecule is [2H]C([2H])(Br)C([2H])([2H])C([2H])([2H])C(=O)O. The van der Waals surface area contributed by atoms with Gasteiger partial charge in [-0.3, -0.25) is 4.79 Å². The minimum absolute atomic E-state index is 2.04. The van der Waals surface area contributed by atoms with E-state index in [2.05, 4.69) is 15.9 Å². The molecule has 0 bridgehead atoms. The minimum atomic E-state index is -3.29. The molecule has 2 nitrogen and oxygen atoms in total. The fraction of sp³-hybridized carbons (Fsp3) is 0.750. The van der Waals surface area contributed by atoms with Crippen LogP contribution in [0.2, 0.25) is 0 Å². The van der Waals surface area contributed by atoms with Gasteiger partial charge in [-0.05, 0) is 6.37 Å². The zero-order valence-corrected chi connectivity index (χ0v) is 4.82. The van der Waals surface area contributed by atoms with Crippen molar-refractivity contribution in [2.24, 2.45) is 0 Å². The number of hydrogen-bond acceptors (Lipinski definition) is 1. The van der Waals surface area contributed by atoms with Crippen molar-refractivity contribution in [3.05, 3.63) is 0 Å². The van der Waals surface area contributed by atoms with Crippen molar-refractivity contribution >= 4 is 21.9 Å². The molecule has 0 aromatic carbocycles. The van der Waals surface area contributed by atoms with E-state index in [-0.39, 0.29) is 0 Å². The summed E-state index contributed by atoms with van der Waals surface area (Å²) in [6.07, 6.45) is -6.45. The molecule has 0 aromatic heterocycles. The lowest BCUT2D eigenvalue weighted by Gasteiger charge is -1.84. The molecular weight excluding hydrogens is 160 g/mol. The molecule has 0 rings (SSSR count). The van der Waals surface area contributed by atoms with Gasteiger partial charge >= 0.3 is 5.97 Å². The number of halogens is 1. The topological polar surface area (TPSA) is 37.3 Å². The van der Waals surface area contributed by atoms with Gasteiger partial charge in [0, 0.05) is 19.9 Å². The van der Waals surface area contributed by atoms with Gasteiger partial charge in [0.25, 0.3) is 0 Å². The summed E-state index contributed by atoms with van der Waals surface area (Å²) in [6, 6.07) is 0. The number of carbonyl (C=O) groups is 1. The monoisotopic (exact) mass is 172 g/mol. The van der Waals surface area contributed by atoms with Gasteiger partial charge in [0.2, 0.25) is 0 Å². The molecule has 0 fully saturated rings. The van der Waals surface area contributed by atoms with Gasteiger partial charge in [-0.15, -0.1) is 0 Å². The van der Waals surface area contributed by atoms with Crippen LogP contribution in [0.3, 0.4) is 0 Å². The van der Waals surface area contributed by atoms with Gasteiger partial charge in [-0.1, -0.05) is 15.9 Å². The van der Waals surface area contributed by atoms with Crippen LogP contribution in [0, 0.1) is 0 Å². The third-order valence-corrected chi connectivity index (χ3v) is 0.415. The zero-order chi connectivity index (χ0) is 11.1. The van der Waals surface area contributed by atoms with Gasteiger partial charge < -0.3 is 5.11 Å². The van der Waals surface area contributed by atoms with E-state index in [0.29, 0.717) is 0 Å². The maximum atomic E-state index is 10.3. The fourth-order valence-corrected chi connectivity index (χ4v) is 0.176. The van der Waals surface area contributed by atoms with Crippen LogP contribution in [0.15, 0.2) is 0 Å². The van der Waals surface area contributed by atoms with E-state index in [9.17, 15) is 4.79 Å². The molecule has 1 N–H and O–H groups in total. The molecular formula is C4H7BrO2. The minimum Gasteiger partial charge on any atom is -0.481 e. The molecule has 0 radical (unpaired) electrons. The molecule has 0 heterocycles. The number of hydrogen-bond donors (Lipinski definition) is 1. The first-order valence-corrected chi connectivity index (χ1v) is 2.16. The van der Waals surface area contributed by atoms with Crippen molar-refractivity contribution in [1.29, 1.82) is 0 Å². The average molecular weight is 173 g/mol. The Labute approximate surface area is 59.1 Å². The van der Waals surface area contributed by atoms with Crippen LogP contribution in [0.25, 0.3) is 0 Å². The predicted octanol–water partition coefficient (Wildman–Crippen LogP) is 1.25. The molecule has 0 aliphatic carbocycles. The molecule has 0 aliphatic rings. The van der Waals surface area contributed by atoms with E-state index in [1.165, 1.54) is 0 Å². The van der Waals surface area contributed by atoms with Crippen molar-refractivity contribution in [3.8, 4) is 0 Å². The molecule has 0 atom stereocenters. The smallest absolute Gasteiger partial charge is 0.303 e. The molecule has 7 heavy (non-hydrogen) atoms. The third kappa shape index (κ3) is 5.95. The Hall–Kier alpha value is -0.0500. The lowest BCUT2D eigenvalue weighted by molar-refractivity contribution is -0.137. The first kappa shape index (κ1) is 1.72. The lowest BCUT2D eigenvalue weighted by Crippen LogP contribution is -1.93. The van der Waals surface area contributed by atoms with Crippen LogP contribution >= 0.6 is 15.9 Å². The van der Waals surface area contributed by atoms with Crippen molar-refractivity contribution in [1.82, 2.24) is 0 Å². The van der Waals surface area contributed by atoms with E-state index in [1.54, 1.807) is 0 Å². The average Bonchev–Trinajstić information content (AvgIpc) is 1.84. The van der Waals surface area contributed by atoms with Crippen LogP contribution in [-0.4, -0.2) is 16.4 Å². The maximum absolute atomic E-state index is 10.3. The fourth-order valence-electron chi connectivity index (χ4n) is 0.0771. The Balaban J connectivity index is 5.16. The van der Waals surface area contributed by atoms with E-state index < -0.39 is 24.0 Å². The van der Waals surface area contributed by atoms with Crippen molar-refractivity contribution < 1.29 is 18.1 Å². The summed E-state index contributed by atoms with van der Waals surface area (Å²) in [5.74, 6) is -2.04. The number of alkyl halides is 1. The molecule has 0 spiro atoms.